The minimum atomic E-state index is -0.239. The summed E-state index contributed by atoms with van der Waals surface area (Å²) in [6, 6.07) is 0. The number of nitrogens with one attached hydrogen (secondary N) is 1. The van der Waals surface area contributed by atoms with E-state index in [0.717, 1.165) is 25.3 Å². The lowest BCUT2D eigenvalue weighted by molar-refractivity contribution is 0.366. The van der Waals surface area contributed by atoms with Gasteiger partial charge < -0.3 is 9.47 Å². The van der Waals surface area contributed by atoms with Crippen LogP contribution in [-0.2, 0) is 12.1 Å². The van der Waals surface area contributed by atoms with Crippen LogP contribution in [0.1, 0.15) is 33.0 Å². The number of rotatable bonds is 5. The van der Waals surface area contributed by atoms with E-state index in [1.165, 1.54) is 0 Å². The molecule has 0 spiro atoms. The fourth-order valence-electron chi connectivity index (χ4n) is 2.80. The van der Waals surface area contributed by atoms with E-state index in [2.05, 4.69) is 24.6 Å². The van der Waals surface area contributed by atoms with Crippen LogP contribution in [0.3, 0.4) is 0 Å². The number of hydrogen-bond donors (Lipinski definition) is 1. The van der Waals surface area contributed by atoms with Crippen LogP contribution in [-0.4, -0.2) is 42.9 Å². The highest BCUT2D eigenvalue weighted by Gasteiger charge is 2.20. The molecule has 3 aromatic heterocycles. The third kappa shape index (κ3) is 3.42. The molecule has 0 fully saturated rings. The maximum atomic E-state index is 12.4. The summed E-state index contributed by atoms with van der Waals surface area (Å²) in [5, 5.41) is 4.85. The van der Waals surface area contributed by atoms with Gasteiger partial charge in [0.05, 0.1) is 11.7 Å². The maximum absolute atomic E-state index is 12.4. The Bertz CT molecular complexity index is 929. The normalized spacial score (nSPS) is 12.0. The number of aryl methyl sites for hydroxylation is 2. The van der Waals surface area contributed by atoms with Crippen molar-refractivity contribution in [1.82, 2.24) is 29.3 Å². The first kappa shape index (κ1) is 17.2. The van der Waals surface area contributed by atoms with Gasteiger partial charge in [0.2, 0.25) is 5.95 Å². The predicted octanol–water partition coefficient (Wildman–Crippen LogP) is 1.91. The standard InChI is InChI=1S/C17H25N7O/c1-12-18-7-10-23(12)9-6-8-22(5)16-20-14-13(15(25)21-16)11-19-24(14)17(2,3)4/h7,10-11H,6,8-9H2,1-5H3,(H,20,21,25). The molecule has 0 amide bonds. The Balaban J connectivity index is 1.80. The second-order valence-corrected chi connectivity index (χ2v) is 7.30. The van der Waals surface area contributed by atoms with E-state index in [0.29, 0.717) is 17.0 Å². The average Bonchev–Trinajstić information content (AvgIpc) is 3.13. The van der Waals surface area contributed by atoms with Crippen molar-refractivity contribution >= 4 is 17.0 Å². The van der Waals surface area contributed by atoms with Crippen LogP contribution in [0.5, 0.6) is 0 Å². The van der Waals surface area contributed by atoms with E-state index < -0.39 is 0 Å². The summed E-state index contributed by atoms with van der Waals surface area (Å²) in [5.41, 5.74) is 0.216. The highest BCUT2D eigenvalue weighted by molar-refractivity contribution is 5.74. The second kappa shape index (κ2) is 6.34. The molecule has 8 heteroatoms. The molecule has 0 saturated heterocycles. The number of aromatic amines is 1. The first-order valence-electron chi connectivity index (χ1n) is 8.45. The topological polar surface area (TPSA) is 84.6 Å². The van der Waals surface area contributed by atoms with E-state index in [-0.39, 0.29) is 11.1 Å². The molecule has 1 N–H and O–H groups in total. The number of hydrogen-bond acceptors (Lipinski definition) is 5. The van der Waals surface area contributed by atoms with E-state index >= 15 is 0 Å². The Labute approximate surface area is 146 Å². The minimum Gasteiger partial charge on any atom is -0.345 e. The highest BCUT2D eigenvalue weighted by Crippen LogP contribution is 2.19. The molecule has 0 aliphatic rings. The predicted molar refractivity (Wildman–Crippen MR) is 98.0 cm³/mol. The quantitative estimate of drug-likeness (QED) is 0.765. The molecular formula is C17H25N7O. The van der Waals surface area contributed by atoms with E-state index in [1.54, 1.807) is 17.1 Å². The van der Waals surface area contributed by atoms with Gasteiger partial charge in [-0.1, -0.05) is 0 Å². The van der Waals surface area contributed by atoms with Gasteiger partial charge in [0.15, 0.2) is 5.65 Å². The molecule has 25 heavy (non-hydrogen) atoms. The summed E-state index contributed by atoms with van der Waals surface area (Å²) >= 11 is 0. The highest BCUT2D eigenvalue weighted by atomic mass is 16.1. The number of H-pyrrole nitrogens is 1. The lowest BCUT2D eigenvalue weighted by Crippen LogP contribution is -2.27. The van der Waals surface area contributed by atoms with Gasteiger partial charge in [-0.2, -0.15) is 10.1 Å². The van der Waals surface area contributed by atoms with Crippen molar-refractivity contribution in [3.8, 4) is 0 Å². The van der Waals surface area contributed by atoms with Crippen LogP contribution in [0.25, 0.3) is 11.0 Å². The van der Waals surface area contributed by atoms with Crippen LogP contribution in [0, 0.1) is 6.92 Å². The first-order valence-corrected chi connectivity index (χ1v) is 8.45. The first-order chi connectivity index (χ1) is 11.8. The lowest BCUT2D eigenvalue weighted by Gasteiger charge is -2.21. The number of imidazole rings is 1. The molecular weight excluding hydrogens is 318 g/mol. The van der Waals surface area contributed by atoms with Crippen molar-refractivity contribution in [2.24, 2.45) is 0 Å². The molecule has 0 atom stereocenters. The molecule has 0 unspecified atom stereocenters. The molecule has 8 nitrogen and oxygen atoms in total. The van der Waals surface area contributed by atoms with Gasteiger partial charge in [0.1, 0.15) is 11.2 Å². The molecule has 3 rings (SSSR count). The molecule has 0 aromatic carbocycles. The van der Waals surface area contributed by atoms with Crippen molar-refractivity contribution in [3.63, 3.8) is 0 Å². The third-order valence-electron chi connectivity index (χ3n) is 4.24. The smallest absolute Gasteiger partial charge is 0.263 e. The number of nitrogens with zero attached hydrogens (tertiary/aromatic N) is 6. The van der Waals surface area contributed by atoms with Gasteiger partial charge in [-0.25, -0.2) is 9.67 Å². The minimum absolute atomic E-state index is 0.159. The molecule has 3 aromatic rings. The Morgan fingerprint density at radius 2 is 2.08 bits per heavy atom. The largest absolute Gasteiger partial charge is 0.345 e. The van der Waals surface area contributed by atoms with Crippen molar-refractivity contribution < 1.29 is 0 Å². The number of fused-ring (bicyclic) bond motifs is 1. The summed E-state index contributed by atoms with van der Waals surface area (Å²) < 4.78 is 3.91. The van der Waals surface area contributed by atoms with Crippen LogP contribution < -0.4 is 10.5 Å². The van der Waals surface area contributed by atoms with Crippen LogP contribution in [0.4, 0.5) is 5.95 Å². The molecule has 0 bridgehead atoms. The Morgan fingerprint density at radius 3 is 2.72 bits per heavy atom. The monoisotopic (exact) mass is 343 g/mol. The van der Waals surface area contributed by atoms with Crippen molar-refractivity contribution in [1.29, 1.82) is 0 Å². The fraction of sp³-hybridized carbons (Fsp3) is 0.529. The van der Waals surface area contributed by atoms with Gasteiger partial charge in [-0.15, -0.1) is 0 Å². The molecule has 0 aliphatic carbocycles. The summed E-state index contributed by atoms with van der Waals surface area (Å²) in [6.45, 7) is 9.76. The maximum Gasteiger partial charge on any atom is 0.263 e. The van der Waals surface area contributed by atoms with E-state index in [9.17, 15) is 4.79 Å². The molecule has 134 valence electrons. The molecule has 0 aliphatic heterocycles. The van der Waals surface area contributed by atoms with Gasteiger partial charge >= 0.3 is 0 Å². The van der Waals surface area contributed by atoms with Crippen LogP contribution in [0.15, 0.2) is 23.4 Å². The zero-order chi connectivity index (χ0) is 18.2. The molecule has 3 heterocycles. The van der Waals surface area contributed by atoms with Crippen LogP contribution in [0.2, 0.25) is 0 Å². The summed E-state index contributed by atoms with van der Waals surface area (Å²) in [6.07, 6.45) is 6.29. The third-order valence-corrected chi connectivity index (χ3v) is 4.24. The van der Waals surface area contributed by atoms with Gasteiger partial charge in [0, 0.05) is 32.5 Å². The zero-order valence-electron chi connectivity index (χ0n) is 15.4. The van der Waals surface area contributed by atoms with Crippen molar-refractivity contribution in [3.05, 3.63) is 34.8 Å². The molecule has 0 radical (unpaired) electrons. The zero-order valence-corrected chi connectivity index (χ0v) is 15.4. The SMILES string of the molecule is Cc1nccn1CCCN(C)c1nc2c(cnn2C(C)(C)C)c(=O)[nH]1. The average molecular weight is 343 g/mol. The van der Waals surface area contributed by atoms with Gasteiger partial charge in [-0.3, -0.25) is 9.78 Å². The summed E-state index contributed by atoms with van der Waals surface area (Å²) in [7, 11) is 1.93. The van der Waals surface area contributed by atoms with Crippen molar-refractivity contribution in [2.75, 3.05) is 18.5 Å². The van der Waals surface area contributed by atoms with Crippen LogP contribution >= 0.6 is 0 Å². The van der Waals surface area contributed by atoms with Gasteiger partial charge in [-0.05, 0) is 34.1 Å². The number of aromatic nitrogens is 6. The van der Waals surface area contributed by atoms with E-state index in [4.69, 9.17) is 0 Å². The van der Waals surface area contributed by atoms with E-state index in [1.807, 2.05) is 45.8 Å². The lowest BCUT2D eigenvalue weighted by atomic mass is 10.1. The van der Waals surface area contributed by atoms with Crippen molar-refractivity contribution in [2.45, 2.75) is 46.2 Å². The fourth-order valence-corrected chi connectivity index (χ4v) is 2.80. The Hall–Kier alpha value is -2.64. The Kier molecular flexibility index (Phi) is 4.36. The summed E-state index contributed by atoms with van der Waals surface area (Å²) in [4.78, 5) is 26.1. The molecule has 0 saturated carbocycles. The Morgan fingerprint density at radius 1 is 1.32 bits per heavy atom. The number of anilines is 1. The summed E-state index contributed by atoms with van der Waals surface area (Å²) in [5.74, 6) is 1.57. The van der Waals surface area contributed by atoms with Gasteiger partial charge in [0.25, 0.3) is 5.56 Å². The second-order valence-electron chi connectivity index (χ2n) is 7.30.